The lowest BCUT2D eigenvalue weighted by molar-refractivity contribution is 0.220. The fourth-order valence-corrected chi connectivity index (χ4v) is 1.64. The van der Waals surface area contributed by atoms with Crippen LogP contribution in [0.5, 0.6) is 0 Å². The number of aliphatic hydroxyl groups is 1. The molecule has 4 nitrogen and oxygen atoms in total. The van der Waals surface area contributed by atoms with Crippen LogP contribution >= 0.6 is 0 Å². The van der Waals surface area contributed by atoms with Gasteiger partial charge in [-0.05, 0) is 31.0 Å². The molecule has 2 rings (SSSR count). The molecule has 0 saturated heterocycles. The zero-order valence-electron chi connectivity index (χ0n) is 9.03. The molecule has 84 valence electrons. The first-order valence-electron chi connectivity index (χ1n) is 5.33. The zero-order valence-corrected chi connectivity index (χ0v) is 9.03. The van der Waals surface area contributed by atoms with E-state index >= 15 is 0 Å². The van der Waals surface area contributed by atoms with E-state index in [9.17, 15) is 5.11 Å². The van der Waals surface area contributed by atoms with Crippen molar-refractivity contribution in [2.75, 3.05) is 24.2 Å². The van der Waals surface area contributed by atoms with Crippen molar-refractivity contribution in [1.82, 2.24) is 0 Å². The van der Waals surface area contributed by atoms with E-state index in [2.05, 4.69) is 5.32 Å². The van der Waals surface area contributed by atoms with E-state index in [1.807, 2.05) is 6.07 Å². The third kappa shape index (κ3) is 2.10. The molecule has 1 aromatic rings. The fourth-order valence-electron chi connectivity index (χ4n) is 1.64. The molecule has 0 unspecified atom stereocenters. The molecule has 0 bridgehead atoms. The second-order valence-corrected chi connectivity index (χ2v) is 4.43. The van der Waals surface area contributed by atoms with Crippen molar-refractivity contribution < 1.29 is 5.11 Å². The molecule has 0 amide bonds. The molecule has 16 heavy (non-hydrogen) atoms. The van der Waals surface area contributed by atoms with Gasteiger partial charge in [-0.1, -0.05) is 0 Å². The molecule has 1 aromatic carbocycles. The number of anilines is 2. The average molecular weight is 217 g/mol. The van der Waals surface area contributed by atoms with Crippen molar-refractivity contribution in [1.29, 1.82) is 5.26 Å². The topological polar surface area (TPSA) is 82.1 Å². The van der Waals surface area contributed by atoms with Gasteiger partial charge in [-0.2, -0.15) is 5.26 Å². The van der Waals surface area contributed by atoms with E-state index < -0.39 is 0 Å². The van der Waals surface area contributed by atoms with Gasteiger partial charge in [-0.3, -0.25) is 0 Å². The maximum Gasteiger partial charge on any atom is 0.0992 e. The van der Waals surface area contributed by atoms with Gasteiger partial charge in [0.1, 0.15) is 0 Å². The van der Waals surface area contributed by atoms with Crippen LogP contribution in [0.1, 0.15) is 18.4 Å². The largest absolute Gasteiger partial charge is 0.397 e. The lowest BCUT2D eigenvalue weighted by atomic mass is 10.1. The summed E-state index contributed by atoms with van der Waals surface area (Å²) in [6.45, 7) is 0.954. The zero-order chi connectivity index (χ0) is 11.6. The SMILES string of the molecule is N#Cc1ccc(NCC2(CO)CC2)c(N)c1. The number of aliphatic hydroxyl groups excluding tert-OH is 1. The van der Waals surface area contributed by atoms with Crippen molar-refractivity contribution in [2.24, 2.45) is 5.41 Å². The number of nitriles is 1. The molecule has 1 aliphatic carbocycles. The Morgan fingerprint density at radius 1 is 1.50 bits per heavy atom. The van der Waals surface area contributed by atoms with Crippen molar-refractivity contribution in [3.05, 3.63) is 23.8 Å². The predicted octanol–water partition coefficient (Wildman–Crippen LogP) is 1.32. The molecule has 0 radical (unpaired) electrons. The molecule has 0 aliphatic heterocycles. The second-order valence-electron chi connectivity index (χ2n) is 4.43. The van der Waals surface area contributed by atoms with Gasteiger partial charge < -0.3 is 16.2 Å². The van der Waals surface area contributed by atoms with E-state index in [1.165, 1.54) is 0 Å². The van der Waals surface area contributed by atoms with Gasteiger partial charge in [-0.15, -0.1) is 0 Å². The Morgan fingerprint density at radius 3 is 2.75 bits per heavy atom. The van der Waals surface area contributed by atoms with Gasteiger partial charge in [-0.25, -0.2) is 0 Å². The molecular formula is C12H15N3O. The van der Waals surface area contributed by atoms with Crippen LogP contribution in [-0.4, -0.2) is 18.3 Å². The third-order valence-electron chi connectivity index (χ3n) is 3.13. The fraction of sp³-hybridized carbons (Fsp3) is 0.417. The van der Waals surface area contributed by atoms with Gasteiger partial charge in [0.05, 0.1) is 29.6 Å². The molecule has 1 fully saturated rings. The first-order valence-corrected chi connectivity index (χ1v) is 5.33. The Kier molecular flexibility index (Phi) is 2.71. The average Bonchev–Trinajstić information content (AvgIpc) is 3.08. The van der Waals surface area contributed by atoms with Crippen LogP contribution in [0.15, 0.2) is 18.2 Å². The summed E-state index contributed by atoms with van der Waals surface area (Å²) >= 11 is 0. The molecule has 4 N–H and O–H groups in total. The summed E-state index contributed by atoms with van der Waals surface area (Å²) in [4.78, 5) is 0. The Hall–Kier alpha value is -1.73. The summed E-state index contributed by atoms with van der Waals surface area (Å²) in [5.41, 5.74) is 7.84. The van der Waals surface area contributed by atoms with Crippen LogP contribution < -0.4 is 11.1 Å². The lowest BCUT2D eigenvalue weighted by Gasteiger charge is -2.15. The number of nitrogen functional groups attached to an aromatic ring is 1. The van der Waals surface area contributed by atoms with Gasteiger partial charge in [0.15, 0.2) is 0 Å². The van der Waals surface area contributed by atoms with E-state index in [-0.39, 0.29) is 12.0 Å². The van der Waals surface area contributed by atoms with Crippen LogP contribution in [0, 0.1) is 16.7 Å². The van der Waals surface area contributed by atoms with E-state index in [4.69, 9.17) is 11.0 Å². The highest BCUT2D eigenvalue weighted by molar-refractivity contribution is 5.68. The van der Waals surface area contributed by atoms with E-state index in [0.29, 0.717) is 11.3 Å². The maximum atomic E-state index is 9.17. The summed E-state index contributed by atoms with van der Waals surface area (Å²) in [6.07, 6.45) is 2.12. The minimum atomic E-state index is 0.0559. The van der Waals surface area contributed by atoms with Crippen molar-refractivity contribution in [2.45, 2.75) is 12.8 Å². The summed E-state index contributed by atoms with van der Waals surface area (Å²) in [5, 5.41) is 21.1. The highest BCUT2D eigenvalue weighted by Gasteiger charge is 2.41. The van der Waals surface area contributed by atoms with Crippen molar-refractivity contribution in [3.8, 4) is 6.07 Å². The van der Waals surface area contributed by atoms with Crippen LogP contribution in [0.25, 0.3) is 0 Å². The second kappa shape index (κ2) is 4.03. The third-order valence-corrected chi connectivity index (χ3v) is 3.13. The highest BCUT2D eigenvalue weighted by Crippen LogP contribution is 2.45. The highest BCUT2D eigenvalue weighted by atomic mass is 16.3. The van der Waals surface area contributed by atoms with Crippen LogP contribution in [-0.2, 0) is 0 Å². The van der Waals surface area contributed by atoms with E-state index in [0.717, 1.165) is 25.1 Å². The first-order chi connectivity index (χ1) is 7.69. The molecule has 1 saturated carbocycles. The monoisotopic (exact) mass is 217 g/mol. The van der Waals surface area contributed by atoms with Crippen LogP contribution in [0.4, 0.5) is 11.4 Å². The summed E-state index contributed by atoms with van der Waals surface area (Å²) in [5.74, 6) is 0. The van der Waals surface area contributed by atoms with Crippen molar-refractivity contribution in [3.63, 3.8) is 0 Å². The molecular weight excluding hydrogens is 202 g/mol. The smallest absolute Gasteiger partial charge is 0.0992 e. The van der Waals surface area contributed by atoms with Gasteiger partial charge >= 0.3 is 0 Å². The molecule has 0 heterocycles. The lowest BCUT2D eigenvalue weighted by Crippen LogP contribution is -2.19. The molecule has 0 spiro atoms. The number of rotatable bonds is 4. The maximum absolute atomic E-state index is 9.17. The molecule has 1 aliphatic rings. The standard InChI is InChI=1S/C12H15N3O/c13-6-9-1-2-11(10(14)5-9)15-7-12(8-16)3-4-12/h1-2,5,15-16H,3-4,7-8,14H2. The van der Waals surface area contributed by atoms with Gasteiger partial charge in [0.2, 0.25) is 0 Å². The van der Waals surface area contributed by atoms with Crippen LogP contribution in [0.2, 0.25) is 0 Å². The summed E-state index contributed by atoms with van der Waals surface area (Å²) in [7, 11) is 0. The minimum Gasteiger partial charge on any atom is -0.397 e. The number of nitrogens with two attached hydrogens (primary N) is 1. The number of nitrogens with zero attached hydrogens (tertiary/aromatic N) is 1. The summed E-state index contributed by atoms with van der Waals surface area (Å²) in [6, 6.07) is 7.24. The van der Waals surface area contributed by atoms with Gasteiger partial charge in [0, 0.05) is 12.0 Å². The summed E-state index contributed by atoms with van der Waals surface area (Å²) < 4.78 is 0. The minimum absolute atomic E-state index is 0.0559. The Balaban J connectivity index is 2.02. The molecule has 0 aromatic heterocycles. The van der Waals surface area contributed by atoms with E-state index in [1.54, 1.807) is 18.2 Å². The Bertz CT molecular complexity index is 432. The Labute approximate surface area is 94.7 Å². The number of benzene rings is 1. The number of hydrogen-bond acceptors (Lipinski definition) is 4. The molecule has 0 atom stereocenters. The van der Waals surface area contributed by atoms with Crippen LogP contribution in [0.3, 0.4) is 0 Å². The number of hydrogen-bond donors (Lipinski definition) is 3. The number of nitrogens with one attached hydrogen (secondary N) is 1. The van der Waals surface area contributed by atoms with Gasteiger partial charge in [0.25, 0.3) is 0 Å². The normalized spacial score (nSPS) is 16.5. The molecule has 4 heteroatoms. The first kappa shape index (κ1) is 10.8. The quantitative estimate of drug-likeness (QED) is 0.664. The predicted molar refractivity (Wildman–Crippen MR) is 62.8 cm³/mol. The Morgan fingerprint density at radius 2 is 2.25 bits per heavy atom. The van der Waals surface area contributed by atoms with Crippen molar-refractivity contribution >= 4 is 11.4 Å².